The van der Waals surface area contributed by atoms with Gasteiger partial charge in [0.05, 0.1) is 24.8 Å². The number of aromatic nitrogens is 2. The number of nitrogens with zero attached hydrogens (tertiary/aromatic N) is 3. The average molecular weight is 383 g/mol. The zero-order valence-corrected chi connectivity index (χ0v) is 16.1. The van der Waals surface area contributed by atoms with Gasteiger partial charge < -0.3 is 10.1 Å². The van der Waals surface area contributed by atoms with Crippen LogP contribution in [0, 0.1) is 6.92 Å². The SMILES string of the molecule is Cc1ccc2ncnc(NCC(c3ccccc3Cl)N3CCOCC3)c2c1. The number of hydrogen-bond acceptors (Lipinski definition) is 5. The second-order valence-corrected chi connectivity index (χ2v) is 7.22. The van der Waals surface area contributed by atoms with Crippen LogP contribution in [0.3, 0.4) is 0 Å². The molecule has 3 aromatic rings. The first-order valence-electron chi connectivity index (χ1n) is 9.24. The van der Waals surface area contributed by atoms with E-state index >= 15 is 0 Å². The number of aryl methyl sites for hydroxylation is 1. The van der Waals surface area contributed by atoms with E-state index in [9.17, 15) is 0 Å². The number of rotatable bonds is 5. The summed E-state index contributed by atoms with van der Waals surface area (Å²) < 4.78 is 5.53. The fourth-order valence-electron chi connectivity index (χ4n) is 3.57. The second-order valence-electron chi connectivity index (χ2n) is 6.81. The van der Waals surface area contributed by atoms with E-state index in [0.29, 0.717) is 6.54 Å². The van der Waals surface area contributed by atoms with Crippen LogP contribution >= 0.6 is 11.6 Å². The molecule has 1 N–H and O–H groups in total. The van der Waals surface area contributed by atoms with Crippen LogP contribution in [0.2, 0.25) is 5.02 Å². The molecule has 2 heterocycles. The summed E-state index contributed by atoms with van der Waals surface area (Å²) in [5.41, 5.74) is 3.26. The third kappa shape index (κ3) is 4.05. The van der Waals surface area contributed by atoms with Gasteiger partial charge in [0.2, 0.25) is 0 Å². The molecule has 4 rings (SSSR count). The summed E-state index contributed by atoms with van der Waals surface area (Å²) in [5, 5.41) is 5.38. The lowest BCUT2D eigenvalue weighted by molar-refractivity contribution is 0.0187. The predicted octanol–water partition coefficient (Wildman–Crippen LogP) is 4.08. The Morgan fingerprint density at radius 3 is 2.78 bits per heavy atom. The maximum Gasteiger partial charge on any atom is 0.137 e. The molecule has 1 saturated heterocycles. The van der Waals surface area contributed by atoms with Crippen molar-refractivity contribution in [2.75, 3.05) is 38.2 Å². The molecule has 1 atom stereocenters. The highest BCUT2D eigenvalue weighted by molar-refractivity contribution is 6.31. The normalized spacial score (nSPS) is 16.4. The monoisotopic (exact) mass is 382 g/mol. The predicted molar refractivity (Wildman–Crippen MR) is 109 cm³/mol. The summed E-state index contributed by atoms with van der Waals surface area (Å²) in [7, 11) is 0. The first kappa shape index (κ1) is 18.2. The summed E-state index contributed by atoms with van der Waals surface area (Å²) in [5.74, 6) is 0.856. The molecule has 1 aliphatic rings. The van der Waals surface area contributed by atoms with Gasteiger partial charge in [-0.2, -0.15) is 0 Å². The van der Waals surface area contributed by atoms with E-state index < -0.39 is 0 Å². The van der Waals surface area contributed by atoms with Crippen molar-refractivity contribution in [3.63, 3.8) is 0 Å². The van der Waals surface area contributed by atoms with E-state index in [0.717, 1.165) is 53.6 Å². The molecule has 6 heteroatoms. The van der Waals surface area contributed by atoms with Gasteiger partial charge in [0.1, 0.15) is 12.1 Å². The first-order chi connectivity index (χ1) is 13.2. The minimum Gasteiger partial charge on any atom is -0.379 e. The molecule has 140 valence electrons. The number of nitrogens with one attached hydrogen (secondary N) is 1. The summed E-state index contributed by atoms with van der Waals surface area (Å²) in [4.78, 5) is 11.3. The highest BCUT2D eigenvalue weighted by atomic mass is 35.5. The summed E-state index contributed by atoms with van der Waals surface area (Å²) in [6.45, 7) is 6.07. The van der Waals surface area contributed by atoms with E-state index in [4.69, 9.17) is 16.3 Å². The van der Waals surface area contributed by atoms with Crippen LogP contribution in [0.25, 0.3) is 10.9 Å². The largest absolute Gasteiger partial charge is 0.379 e. The molecule has 0 amide bonds. The molecule has 0 aliphatic carbocycles. The van der Waals surface area contributed by atoms with E-state index in [2.05, 4.69) is 45.3 Å². The van der Waals surface area contributed by atoms with E-state index in [1.165, 1.54) is 5.56 Å². The second kappa shape index (κ2) is 8.21. The molecule has 1 aromatic heterocycles. The van der Waals surface area contributed by atoms with Gasteiger partial charge in [-0.3, -0.25) is 4.90 Å². The van der Waals surface area contributed by atoms with Crippen molar-refractivity contribution >= 4 is 28.3 Å². The van der Waals surface area contributed by atoms with Crippen LogP contribution in [-0.2, 0) is 4.74 Å². The van der Waals surface area contributed by atoms with Crippen LogP contribution in [0.4, 0.5) is 5.82 Å². The van der Waals surface area contributed by atoms with Crippen molar-refractivity contribution in [2.24, 2.45) is 0 Å². The van der Waals surface area contributed by atoms with Gasteiger partial charge in [-0.25, -0.2) is 9.97 Å². The summed E-state index contributed by atoms with van der Waals surface area (Å²) >= 11 is 6.52. The van der Waals surface area contributed by atoms with Crippen molar-refractivity contribution in [3.05, 3.63) is 64.9 Å². The first-order valence-corrected chi connectivity index (χ1v) is 9.61. The van der Waals surface area contributed by atoms with Crippen LogP contribution in [0.15, 0.2) is 48.8 Å². The minimum atomic E-state index is 0.150. The van der Waals surface area contributed by atoms with Crippen LogP contribution in [0.1, 0.15) is 17.2 Å². The third-order valence-corrected chi connectivity index (χ3v) is 5.35. The Kier molecular flexibility index (Phi) is 5.53. The molecule has 27 heavy (non-hydrogen) atoms. The lowest BCUT2D eigenvalue weighted by Crippen LogP contribution is -2.41. The third-order valence-electron chi connectivity index (χ3n) is 5.00. The van der Waals surface area contributed by atoms with Gasteiger partial charge in [0, 0.05) is 30.0 Å². The van der Waals surface area contributed by atoms with Gasteiger partial charge in [0.25, 0.3) is 0 Å². The highest BCUT2D eigenvalue weighted by Crippen LogP contribution is 2.29. The topological polar surface area (TPSA) is 50.3 Å². The molecule has 0 bridgehead atoms. The number of halogens is 1. The van der Waals surface area contributed by atoms with Crippen LogP contribution in [-0.4, -0.2) is 47.7 Å². The number of benzene rings is 2. The molecule has 2 aromatic carbocycles. The lowest BCUT2D eigenvalue weighted by atomic mass is 10.0. The van der Waals surface area contributed by atoms with Crippen LogP contribution in [0.5, 0.6) is 0 Å². The van der Waals surface area contributed by atoms with Crippen molar-refractivity contribution < 1.29 is 4.74 Å². The van der Waals surface area contributed by atoms with Crippen molar-refractivity contribution in [3.8, 4) is 0 Å². The molecular weight excluding hydrogens is 360 g/mol. The summed E-state index contributed by atoms with van der Waals surface area (Å²) in [6, 6.07) is 14.4. The molecule has 0 spiro atoms. The number of ether oxygens (including phenoxy) is 1. The molecule has 1 fully saturated rings. The molecular formula is C21H23ClN4O. The van der Waals surface area contributed by atoms with Gasteiger partial charge in [-0.15, -0.1) is 0 Å². The quantitative estimate of drug-likeness (QED) is 0.720. The Balaban J connectivity index is 1.63. The van der Waals surface area contributed by atoms with Crippen LogP contribution < -0.4 is 5.32 Å². The number of hydrogen-bond donors (Lipinski definition) is 1. The van der Waals surface area contributed by atoms with E-state index in [-0.39, 0.29) is 6.04 Å². The van der Waals surface area contributed by atoms with Gasteiger partial charge in [0.15, 0.2) is 0 Å². The number of fused-ring (bicyclic) bond motifs is 1. The standard InChI is InChI=1S/C21H23ClN4O/c1-15-6-7-19-17(12-15)21(25-14-24-19)23-13-20(26-8-10-27-11-9-26)16-4-2-3-5-18(16)22/h2-7,12,14,20H,8-11,13H2,1H3,(H,23,24,25). The van der Waals surface area contributed by atoms with Gasteiger partial charge in [-0.1, -0.05) is 41.4 Å². The van der Waals surface area contributed by atoms with Crippen molar-refractivity contribution in [2.45, 2.75) is 13.0 Å². The van der Waals surface area contributed by atoms with Crippen molar-refractivity contribution in [1.29, 1.82) is 0 Å². The number of morpholine rings is 1. The summed E-state index contributed by atoms with van der Waals surface area (Å²) in [6.07, 6.45) is 1.61. The van der Waals surface area contributed by atoms with Crippen molar-refractivity contribution in [1.82, 2.24) is 14.9 Å². The number of anilines is 1. The Hall–Kier alpha value is -2.21. The fraction of sp³-hybridized carbons (Fsp3) is 0.333. The Bertz CT molecular complexity index is 927. The molecule has 0 radical (unpaired) electrons. The van der Waals surface area contributed by atoms with E-state index in [1.807, 2.05) is 24.3 Å². The molecule has 5 nitrogen and oxygen atoms in total. The Labute approximate surface area is 164 Å². The molecule has 0 saturated carbocycles. The van der Waals surface area contributed by atoms with E-state index in [1.54, 1.807) is 6.33 Å². The maximum absolute atomic E-state index is 6.52. The fourth-order valence-corrected chi connectivity index (χ4v) is 3.84. The molecule has 1 unspecified atom stereocenters. The average Bonchev–Trinajstić information content (AvgIpc) is 2.70. The van der Waals surface area contributed by atoms with Gasteiger partial charge in [-0.05, 0) is 30.7 Å². The van der Waals surface area contributed by atoms with Gasteiger partial charge >= 0.3 is 0 Å². The maximum atomic E-state index is 6.52. The minimum absolute atomic E-state index is 0.150. The lowest BCUT2D eigenvalue weighted by Gasteiger charge is -2.35. The highest BCUT2D eigenvalue weighted by Gasteiger charge is 2.24. The zero-order chi connectivity index (χ0) is 18.6. The Morgan fingerprint density at radius 2 is 1.96 bits per heavy atom. The zero-order valence-electron chi connectivity index (χ0n) is 15.4. The Morgan fingerprint density at radius 1 is 1.15 bits per heavy atom. The smallest absolute Gasteiger partial charge is 0.137 e. The molecule has 1 aliphatic heterocycles.